The standard InChI is InChI=1S/C20H14F2N4O3S2/c21-12-6-8-16(15(22)10-12)24-19(27)23-13-7-9-17-18(11-13)30-20(25-17)26-31(28,29)14-4-2-1-3-5-14/h1-11H,(H,25,26)(H2,23,24,27). The fraction of sp³-hybridized carbons (Fsp3) is 0. The SMILES string of the molecule is O=C(Nc1ccc2nc(NS(=O)(=O)c3ccccc3)sc2c1)Nc1ccc(F)cc1F. The average molecular weight is 460 g/mol. The van der Waals surface area contributed by atoms with Crippen molar-refractivity contribution in [2.24, 2.45) is 0 Å². The predicted molar refractivity (Wildman–Crippen MR) is 116 cm³/mol. The van der Waals surface area contributed by atoms with Crippen LogP contribution in [0.1, 0.15) is 0 Å². The Labute approximate surface area is 179 Å². The van der Waals surface area contributed by atoms with Crippen LogP contribution in [-0.4, -0.2) is 19.4 Å². The Morgan fingerprint density at radius 1 is 0.935 bits per heavy atom. The predicted octanol–water partition coefficient (Wildman–Crippen LogP) is 5.02. The normalized spacial score (nSPS) is 11.3. The third-order valence-electron chi connectivity index (χ3n) is 4.10. The van der Waals surface area contributed by atoms with Gasteiger partial charge in [-0.1, -0.05) is 29.5 Å². The van der Waals surface area contributed by atoms with Gasteiger partial charge < -0.3 is 10.6 Å². The van der Waals surface area contributed by atoms with E-state index in [0.717, 1.165) is 23.5 Å². The van der Waals surface area contributed by atoms with Crippen LogP contribution in [0.4, 0.5) is 30.1 Å². The molecule has 0 bridgehead atoms. The number of anilines is 3. The Bertz CT molecular complexity index is 1380. The van der Waals surface area contributed by atoms with Crippen molar-refractivity contribution >= 4 is 54.1 Å². The molecule has 158 valence electrons. The summed E-state index contributed by atoms with van der Waals surface area (Å²) in [5.74, 6) is -1.65. The Morgan fingerprint density at radius 2 is 1.71 bits per heavy atom. The lowest BCUT2D eigenvalue weighted by atomic mass is 10.3. The van der Waals surface area contributed by atoms with Gasteiger partial charge in [0, 0.05) is 11.8 Å². The first-order valence-electron chi connectivity index (χ1n) is 8.82. The molecule has 4 rings (SSSR count). The van der Waals surface area contributed by atoms with E-state index in [2.05, 4.69) is 20.3 Å². The molecule has 11 heteroatoms. The molecule has 0 saturated carbocycles. The van der Waals surface area contributed by atoms with Crippen LogP contribution in [-0.2, 0) is 10.0 Å². The van der Waals surface area contributed by atoms with Crippen LogP contribution in [0.2, 0.25) is 0 Å². The summed E-state index contributed by atoms with van der Waals surface area (Å²) in [4.78, 5) is 16.5. The zero-order chi connectivity index (χ0) is 22.0. The second kappa shape index (κ2) is 8.28. The van der Waals surface area contributed by atoms with E-state index in [1.54, 1.807) is 36.4 Å². The van der Waals surface area contributed by atoms with Crippen LogP contribution < -0.4 is 15.4 Å². The molecular weight excluding hydrogens is 446 g/mol. The van der Waals surface area contributed by atoms with Crippen molar-refractivity contribution in [2.75, 3.05) is 15.4 Å². The fourth-order valence-corrected chi connectivity index (χ4v) is 4.86. The number of nitrogens with zero attached hydrogens (tertiary/aromatic N) is 1. The topological polar surface area (TPSA) is 100 Å². The highest BCUT2D eigenvalue weighted by Crippen LogP contribution is 2.30. The van der Waals surface area contributed by atoms with Gasteiger partial charge in [-0.3, -0.25) is 4.72 Å². The lowest BCUT2D eigenvalue weighted by molar-refractivity contribution is 0.262. The van der Waals surface area contributed by atoms with Gasteiger partial charge in [-0.15, -0.1) is 0 Å². The van der Waals surface area contributed by atoms with Crippen LogP contribution in [0.3, 0.4) is 0 Å². The summed E-state index contributed by atoms with van der Waals surface area (Å²) in [7, 11) is -3.78. The first kappa shape index (κ1) is 20.7. The van der Waals surface area contributed by atoms with Gasteiger partial charge in [0.25, 0.3) is 10.0 Å². The van der Waals surface area contributed by atoms with E-state index < -0.39 is 27.7 Å². The highest BCUT2D eigenvalue weighted by atomic mass is 32.2. The molecule has 0 aliphatic rings. The summed E-state index contributed by atoms with van der Waals surface area (Å²) >= 11 is 1.09. The smallest absolute Gasteiger partial charge is 0.308 e. The lowest BCUT2D eigenvalue weighted by Crippen LogP contribution is -2.20. The van der Waals surface area contributed by atoms with E-state index in [1.807, 2.05) is 0 Å². The van der Waals surface area contributed by atoms with Gasteiger partial charge in [0.2, 0.25) is 0 Å². The number of carbonyl (C=O) groups is 1. The van der Waals surface area contributed by atoms with Gasteiger partial charge >= 0.3 is 6.03 Å². The zero-order valence-corrected chi connectivity index (χ0v) is 17.2. The zero-order valence-electron chi connectivity index (χ0n) is 15.6. The van der Waals surface area contributed by atoms with Crippen LogP contribution in [0.5, 0.6) is 0 Å². The maximum atomic E-state index is 13.7. The van der Waals surface area contributed by atoms with Gasteiger partial charge in [-0.05, 0) is 42.5 Å². The van der Waals surface area contributed by atoms with E-state index in [0.29, 0.717) is 22.0 Å². The number of urea groups is 1. The summed E-state index contributed by atoms with van der Waals surface area (Å²) in [6.07, 6.45) is 0. The number of sulfonamides is 1. The summed E-state index contributed by atoms with van der Waals surface area (Å²) in [5.41, 5.74) is 0.746. The number of halogens is 2. The highest BCUT2D eigenvalue weighted by Gasteiger charge is 2.16. The Morgan fingerprint density at radius 3 is 2.45 bits per heavy atom. The minimum atomic E-state index is -3.78. The number of nitrogens with one attached hydrogen (secondary N) is 3. The molecule has 0 unspecified atom stereocenters. The number of rotatable bonds is 5. The molecule has 31 heavy (non-hydrogen) atoms. The van der Waals surface area contributed by atoms with Crippen molar-refractivity contribution in [1.29, 1.82) is 0 Å². The molecule has 0 saturated heterocycles. The van der Waals surface area contributed by atoms with Gasteiger partial charge in [0.15, 0.2) is 5.13 Å². The molecule has 4 aromatic rings. The van der Waals surface area contributed by atoms with Gasteiger partial charge in [0.05, 0.1) is 20.8 Å². The minimum absolute atomic E-state index is 0.112. The van der Waals surface area contributed by atoms with Crippen LogP contribution in [0, 0.1) is 11.6 Å². The molecule has 0 atom stereocenters. The highest BCUT2D eigenvalue weighted by molar-refractivity contribution is 7.93. The summed E-state index contributed by atoms with van der Waals surface area (Å²) in [6, 6.07) is 14.8. The molecular formula is C20H14F2N4O3S2. The molecule has 1 heterocycles. The minimum Gasteiger partial charge on any atom is -0.308 e. The van der Waals surface area contributed by atoms with Crippen LogP contribution in [0.25, 0.3) is 10.2 Å². The number of carbonyl (C=O) groups excluding carboxylic acids is 1. The largest absolute Gasteiger partial charge is 0.323 e. The number of benzene rings is 3. The molecule has 0 radical (unpaired) electrons. The summed E-state index contributed by atoms with van der Waals surface area (Å²) in [6.45, 7) is 0. The van der Waals surface area contributed by atoms with Crippen molar-refractivity contribution in [3.05, 3.63) is 78.4 Å². The number of amides is 2. The number of hydrogen-bond donors (Lipinski definition) is 3. The third-order valence-corrected chi connectivity index (χ3v) is 6.52. The summed E-state index contributed by atoms with van der Waals surface area (Å²) in [5, 5.41) is 5.01. The van der Waals surface area contributed by atoms with Crippen molar-refractivity contribution in [3.63, 3.8) is 0 Å². The van der Waals surface area contributed by atoms with E-state index in [1.165, 1.54) is 12.1 Å². The first-order chi connectivity index (χ1) is 14.8. The maximum absolute atomic E-state index is 13.7. The van der Waals surface area contributed by atoms with Gasteiger partial charge in [-0.25, -0.2) is 27.0 Å². The molecule has 3 N–H and O–H groups in total. The molecule has 0 aliphatic heterocycles. The first-order valence-corrected chi connectivity index (χ1v) is 11.1. The summed E-state index contributed by atoms with van der Waals surface area (Å²) < 4.78 is 54.6. The van der Waals surface area contributed by atoms with Gasteiger partial charge in [-0.2, -0.15) is 0 Å². The molecule has 0 fully saturated rings. The monoisotopic (exact) mass is 460 g/mol. The van der Waals surface area contributed by atoms with Crippen molar-refractivity contribution in [1.82, 2.24) is 4.98 Å². The Balaban J connectivity index is 1.49. The van der Waals surface area contributed by atoms with E-state index in [9.17, 15) is 22.0 Å². The molecule has 7 nitrogen and oxygen atoms in total. The van der Waals surface area contributed by atoms with Crippen molar-refractivity contribution in [3.8, 4) is 0 Å². The van der Waals surface area contributed by atoms with Gasteiger partial charge in [0.1, 0.15) is 11.6 Å². The number of thiazole rings is 1. The van der Waals surface area contributed by atoms with Crippen molar-refractivity contribution < 1.29 is 22.0 Å². The maximum Gasteiger partial charge on any atom is 0.323 e. The van der Waals surface area contributed by atoms with Crippen molar-refractivity contribution in [2.45, 2.75) is 4.90 Å². The lowest BCUT2D eigenvalue weighted by Gasteiger charge is -2.08. The number of hydrogen-bond acceptors (Lipinski definition) is 5. The third kappa shape index (κ3) is 4.78. The fourth-order valence-electron chi connectivity index (χ4n) is 2.70. The second-order valence-corrected chi connectivity index (χ2v) is 9.04. The molecule has 1 aromatic heterocycles. The molecule has 0 spiro atoms. The number of aromatic nitrogens is 1. The van der Waals surface area contributed by atoms with Crippen LogP contribution >= 0.6 is 11.3 Å². The average Bonchev–Trinajstić information content (AvgIpc) is 3.11. The van der Waals surface area contributed by atoms with Crippen LogP contribution in [0.15, 0.2) is 71.6 Å². The van der Waals surface area contributed by atoms with E-state index >= 15 is 0 Å². The Kier molecular flexibility index (Phi) is 5.53. The molecule has 0 aliphatic carbocycles. The molecule has 3 aromatic carbocycles. The van der Waals surface area contributed by atoms with E-state index in [-0.39, 0.29) is 15.7 Å². The quantitative estimate of drug-likeness (QED) is 0.389. The number of fused-ring (bicyclic) bond motifs is 1. The Hall–Kier alpha value is -3.57. The van der Waals surface area contributed by atoms with E-state index in [4.69, 9.17) is 0 Å². The second-order valence-electron chi connectivity index (χ2n) is 6.32. The molecule has 2 amide bonds.